The van der Waals surface area contributed by atoms with Gasteiger partial charge < -0.3 is 9.64 Å². The SMILES string of the molecule is CC(=O)N(CCOc1ccc(C)cc1)c1ccc(C)cc1. The normalized spacial score (nSPS) is 10.2. The molecule has 0 saturated heterocycles. The summed E-state index contributed by atoms with van der Waals surface area (Å²) in [6.07, 6.45) is 0. The molecular weight excluding hydrogens is 262 g/mol. The van der Waals surface area contributed by atoms with Crippen LogP contribution in [-0.2, 0) is 4.79 Å². The number of rotatable bonds is 5. The van der Waals surface area contributed by atoms with Crippen LogP contribution in [0.3, 0.4) is 0 Å². The van der Waals surface area contributed by atoms with Crippen LogP contribution in [0.25, 0.3) is 0 Å². The molecule has 0 saturated carbocycles. The molecule has 0 aliphatic carbocycles. The van der Waals surface area contributed by atoms with Gasteiger partial charge in [0.15, 0.2) is 0 Å². The van der Waals surface area contributed by atoms with Crippen molar-refractivity contribution in [1.29, 1.82) is 0 Å². The third kappa shape index (κ3) is 4.35. The van der Waals surface area contributed by atoms with Gasteiger partial charge in [0.2, 0.25) is 5.91 Å². The molecule has 2 rings (SSSR count). The largest absolute Gasteiger partial charge is 0.492 e. The van der Waals surface area contributed by atoms with Crippen molar-refractivity contribution >= 4 is 11.6 Å². The summed E-state index contributed by atoms with van der Waals surface area (Å²) in [5.41, 5.74) is 3.28. The minimum absolute atomic E-state index is 0.0198. The minimum Gasteiger partial charge on any atom is -0.492 e. The summed E-state index contributed by atoms with van der Waals surface area (Å²) in [6, 6.07) is 15.8. The molecule has 2 aromatic rings. The van der Waals surface area contributed by atoms with Crippen LogP contribution in [0.2, 0.25) is 0 Å². The van der Waals surface area contributed by atoms with Gasteiger partial charge in [0.25, 0.3) is 0 Å². The summed E-state index contributed by atoms with van der Waals surface area (Å²) in [6.45, 7) is 6.65. The molecule has 0 aromatic heterocycles. The zero-order valence-corrected chi connectivity index (χ0v) is 12.8. The minimum atomic E-state index is 0.0198. The van der Waals surface area contributed by atoms with Crippen LogP contribution in [0.15, 0.2) is 48.5 Å². The van der Waals surface area contributed by atoms with Gasteiger partial charge in [-0.05, 0) is 38.1 Å². The Bertz CT molecular complexity index is 588. The van der Waals surface area contributed by atoms with Crippen molar-refractivity contribution in [2.75, 3.05) is 18.1 Å². The second kappa shape index (κ2) is 6.93. The molecule has 0 aliphatic rings. The van der Waals surface area contributed by atoms with E-state index in [9.17, 15) is 4.79 Å². The third-order valence-electron chi connectivity index (χ3n) is 3.33. The highest BCUT2D eigenvalue weighted by atomic mass is 16.5. The molecule has 3 nitrogen and oxygen atoms in total. The molecule has 21 heavy (non-hydrogen) atoms. The molecule has 0 fully saturated rings. The van der Waals surface area contributed by atoms with Crippen LogP contribution in [0, 0.1) is 13.8 Å². The first-order valence-electron chi connectivity index (χ1n) is 7.10. The Kier molecular flexibility index (Phi) is 4.99. The van der Waals surface area contributed by atoms with Gasteiger partial charge in [-0.25, -0.2) is 0 Å². The number of hydrogen-bond acceptors (Lipinski definition) is 2. The molecule has 2 aromatic carbocycles. The molecule has 0 heterocycles. The van der Waals surface area contributed by atoms with Gasteiger partial charge in [-0.1, -0.05) is 35.4 Å². The summed E-state index contributed by atoms with van der Waals surface area (Å²) in [5, 5.41) is 0. The van der Waals surface area contributed by atoms with Gasteiger partial charge in [0, 0.05) is 12.6 Å². The van der Waals surface area contributed by atoms with Crippen molar-refractivity contribution < 1.29 is 9.53 Å². The standard InChI is InChI=1S/C18H21NO2/c1-14-4-8-17(9-5-14)19(16(3)20)12-13-21-18-10-6-15(2)7-11-18/h4-11H,12-13H2,1-3H3. The lowest BCUT2D eigenvalue weighted by atomic mass is 10.2. The van der Waals surface area contributed by atoms with Crippen LogP contribution in [0.1, 0.15) is 18.1 Å². The first kappa shape index (κ1) is 15.1. The quantitative estimate of drug-likeness (QED) is 0.836. The lowest BCUT2D eigenvalue weighted by Crippen LogP contribution is -2.32. The fraction of sp³-hybridized carbons (Fsp3) is 0.278. The van der Waals surface area contributed by atoms with Crippen LogP contribution >= 0.6 is 0 Å². The van der Waals surface area contributed by atoms with Gasteiger partial charge >= 0.3 is 0 Å². The number of nitrogens with zero attached hydrogens (tertiary/aromatic N) is 1. The second-order valence-electron chi connectivity index (χ2n) is 5.17. The van der Waals surface area contributed by atoms with E-state index in [1.807, 2.05) is 62.4 Å². The zero-order valence-electron chi connectivity index (χ0n) is 12.8. The van der Waals surface area contributed by atoms with E-state index in [1.54, 1.807) is 11.8 Å². The molecule has 0 aliphatic heterocycles. The van der Waals surface area contributed by atoms with E-state index >= 15 is 0 Å². The van der Waals surface area contributed by atoms with Crippen molar-refractivity contribution in [3.8, 4) is 5.75 Å². The molecule has 0 bridgehead atoms. The van der Waals surface area contributed by atoms with Crippen molar-refractivity contribution in [2.24, 2.45) is 0 Å². The number of hydrogen-bond donors (Lipinski definition) is 0. The molecule has 0 N–H and O–H groups in total. The van der Waals surface area contributed by atoms with Crippen molar-refractivity contribution in [1.82, 2.24) is 0 Å². The van der Waals surface area contributed by atoms with Crippen molar-refractivity contribution in [3.63, 3.8) is 0 Å². The lowest BCUT2D eigenvalue weighted by Gasteiger charge is -2.21. The van der Waals surface area contributed by atoms with Crippen molar-refractivity contribution in [3.05, 3.63) is 59.7 Å². The third-order valence-corrected chi connectivity index (χ3v) is 3.33. The Balaban J connectivity index is 1.96. The number of anilines is 1. The van der Waals surface area contributed by atoms with Gasteiger partial charge in [-0.2, -0.15) is 0 Å². The van der Waals surface area contributed by atoms with E-state index < -0.39 is 0 Å². The molecular formula is C18H21NO2. The van der Waals surface area contributed by atoms with Crippen molar-refractivity contribution in [2.45, 2.75) is 20.8 Å². The van der Waals surface area contributed by atoms with Crippen LogP contribution in [-0.4, -0.2) is 19.1 Å². The summed E-state index contributed by atoms with van der Waals surface area (Å²) in [5.74, 6) is 0.847. The second-order valence-corrected chi connectivity index (χ2v) is 5.17. The highest BCUT2D eigenvalue weighted by Gasteiger charge is 2.11. The van der Waals surface area contributed by atoms with E-state index in [0.717, 1.165) is 11.4 Å². The van der Waals surface area contributed by atoms with Gasteiger partial charge in [0.1, 0.15) is 12.4 Å². The summed E-state index contributed by atoms with van der Waals surface area (Å²) >= 11 is 0. The summed E-state index contributed by atoms with van der Waals surface area (Å²) < 4.78 is 5.69. The maximum Gasteiger partial charge on any atom is 0.223 e. The average molecular weight is 283 g/mol. The van der Waals surface area contributed by atoms with E-state index in [-0.39, 0.29) is 5.91 Å². The number of carbonyl (C=O) groups is 1. The zero-order chi connectivity index (χ0) is 15.2. The highest BCUT2D eigenvalue weighted by Crippen LogP contribution is 2.16. The Morgan fingerprint density at radius 1 is 0.952 bits per heavy atom. The Labute approximate surface area is 126 Å². The van der Waals surface area contributed by atoms with Gasteiger partial charge in [-0.15, -0.1) is 0 Å². The topological polar surface area (TPSA) is 29.5 Å². The summed E-state index contributed by atoms with van der Waals surface area (Å²) in [4.78, 5) is 13.5. The predicted octanol–water partition coefficient (Wildman–Crippen LogP) is 3.74. The average Bonchev–Trinajstić information content (AvgIpc) is 2.46. The lowest BCUT2D eigenvalue weighted by molar-refractivity contribution is -0.116. The Morgan fingerprint density at radius 3 is 2.00 bits per heavy atom. The number of amides is 1. The smallest absolute Gasteiger partial charge is 0.223 e. The van der Waals surface area contributed by atoms with Crippen LogP contribution < -0.4 is 9.64 Å². The summed E-state index contributed by atoms with van der Waals surface area (Å²) in [7, 11) is 0. The molecule has 0 atom stereocenters. The van der Waals surface area contributed by atoms with E-state index in [4.69, 9.17) is 4.74 Å². The maximum atomic E-state index is 11.8. The molecule has 0 spiro atoms. The van der Waals surface area contributed by atoms with Gasteiger partial charge in [-0.3, -0.25) is 4.79 Å². The molecule has 0 radical (unpaired) electrons. The molecule has 3 heteroatoms. The number of ether oxygens (including phenoxy) is 1. The Morgan fingerprint density at radius 2 is 1.48 bits per heavy atom. The van der Waals surface area contributed by atoms with E-state index in [1.165, 1.54) is 11.1 Å². The maximum absolute atomic E-state index is 11.8. The van der Waals surface area contributed by atoms with Gasteiger partial charge in [0.05, 0.1) is 6.54 Å². The van der Waals surface area contributed by atoms with E-state index in [0.29, 0.717) is 13.2 Å². The van der Waals surface area contributed by atoms with Crippen LogP contribution in [0.5, 0.6) is 5.75 Å². The predicted molar refractivity (Wildman–Crippen MR) is 85.9 cm³/mol. The Hall–Kier alpha value is -2.29. The number of aryl methyl sites for hydroxylation is 2. The van der Waals surface area contributed by atoms with Crippen LogP contribution in [0.4, 0.5) is 5.69 Å². The first-order chi connectivity index (χ1) is 10.1. The fourth-order valence-electron chi connectivity index (χ4n) is 2.08. The fourth-order valence-corrected chi connectivity index (χ4v) is 2.08. The molecule has 110 valence electrons. The van der Waals surface area contributed by atoms with E-state index in [2.05, 4.69) is 0 Å². The number of benzene rings is 2. The monoisotopic (exact) mass is 283 g/mol. The highest BCUT2D eigenvalue weighted by molar-refractivity contribution is 5.91. The molecule has 1 amide bonds. The number of carbonyl (C=O) groups excluding carboxylic acids is 1. The molecule has 0 unspecified atom stereocenters. The first-order valence-corrected chi connectivity index (χ1v) is 7.10.